The molecule has 2 rings (SSSR count). The van der Waals surface area contributed by atoms with Gasteiger partial charge in [0.15, 0.2) is 0 Å². The van der Waals surface area contributed by atoms with Gasteiger partial charge in [0.1, 0.15) is 6.04 Å². The molecule has 1 unspecified atom stereocenters. The lowest BCUT2D eigenvalue weighted by atomic mass is 10.0. The summed E-state index contributed by atoms with van der Waals surface area (Å²) in [7, 11) is -2.66. The Morgan fingerprint density at radius 1 is 1.39 bits per heavy atom. The highest BCUT2D eigenvalue weighted by atomic mass is 32.2. The molecular weight excluding hydrogens is 320 g/mol. The molecule has 7 nitrogen and oxygen atoms in total. The zero-order valence-electron chi connectivity index (χ0n) is 13.3. The average molecular weight is 340 g/mol. The standard InChI is InChI=1S/C15H20N2O5S/c1-10(2)13-14(18)16-7-8-17(13)23(20,21)12-6-4-5-11(9-12)15(19)22-3/h4-6,9-10,13H,7-8H2,1-3H3,(H,16,18). The van der Waals surface area contributed by atoms with Crippen LogP contribution >= 0.6 is 0 Å². The summed E-state index contributed by atoms with van der Waals surface area (Å²) in [4.78, 5) is 23.6. The first-order chi connectivity index (χ1) is 10.8. The van der Waals surface area contributed by atoms with Gasteiger partial charge in [-0.2, -0.15) is 4.31 Å². The number of methoxy groups -OCH3 is 1. The van der Waals surface area contributed by atoms with Crippen LogP contribution in [0, 0.1) is 5.92 Å². The highest BCUT2D eigenvalue weighted by Gasteiger charge is 2.40. The molecule has 0 aliphatic carbocycles. The van der Waals surface area contributed by atoms with E-state index in [1.54, 1.807) is 13.8 Å². The summed E-state index contributed by atoms with van der Waals surface area (Å²) < 4.78 is 31.6. The summed E-state index contributed by atoms with van der Waals surface area (Å²) in [5.41, 5.74) is 0.149. The van der Waals surface area contributed by atoms with E-state index in [0.29, 0.717) is 0 Å². The Labute approximate surface area is 135 Å². The van der Waals surface area contributed by atoms with Crippen molar-refractivity contribution in [2.75, 3.05) is 20.2 Å². The second-order valence-corrected chi connectivity index (χ2v) is 7.51. The zero-order chi connectivity index (χ0) is 17.2. The maximum absolute atomic E-state index is 12.9. The maximum atomic E-state index is 12.9. The fraction of sp³-hybridized carbons (Fsp3) is 0.467. The molecule has 1 saturated heterocycles. The van der Waals surface area contributed by atoms with Crippen LogP contribution in [0.15, 0.2) is 29.2 Å². The average Bonchev–Trinajstić information content (AvgIpc) is 2.53. The number of carbonyl (C=O) groups excluding carboxylic acids is 2. The van der Waals surface area contributed by atoms with Gasteiger partial charge in [-0.05, 0) is 24.1 Å². The summed E-state index contributed by atoms with van der Waals surface area (Å²) >= 11 is 0. The number of amides is 1. The number of ether oxygens (including phenoxy) is 1. The van der Waals surface area contributed by atoms with Crippen molar-refractivity contribution < 1.29 is 22.7 Å². The number of benzene rings is 1. The predicted molar refractivity (Wildman–Crippen MR) is 83.3 cm³/mol. The molecule has 0 radical (unpaired) electrons. The first-order valence-electron chi connectivity index (χ1n) is 7.27. The molecule has 1 amide bonds. The number of hydrogen-bond acceptors (Lipinski definition) is 5. The molecular formula is C15H20N2O5S. The van der Waals surface area contributed by atoms with E-state index in [4.69, 9.17) is 0 Å². The van der Waals surface area contributed by atoms with Gasteiger partial charge < -0.3 is 10.1 Å². The molecule has 1 aliphatic rings. The van der Waals surface area contributed by atoms with E-state index in [1.807, 2.05) is 0 Å². The topological polar surface area (TPSA) is 92.8 Å². The fourth-order valence-electron chi connectivity index (χ4n) is 2.61. The third-order valence-electron chi connectivity index (χ3n) is 3.70. The van der Waals surface area contributed by atoms with Gasteiger partial charge in [-0.15, -0.1) is 0 Å². The number of carbonyl (C=O) groups is 2. The minimum atomic E-state index is -3.89. The first kappa shape index (κ1) is 17.4. The zero-order valence-corrected chi connectivity index (χ0v) is 14.1. The van der Waals surface area contributed by atoms with Gasteiger partial charge in [-0.3, -0.25) is 4.79 Å². The van der Waals surface area contributed by atoms with Gasteiger partial charge in [0.05, 0.1) is 17.6 Å². The largest absolute Gasteiger partial charge is 0.465 e. The number of hydrogen-bond donors (Lipinski definition) is 1. The third-order valence-corrected chi connectivity index (χ3v) is 5.58. The lowest BCUT2D eigenvalue weighted by molar-refractivity contribution is -0.128. The number of piperazine rings is 1. The highest BCUT2D eigenvalue weighted by Crippen LogP contribution is 2.24. The quantitative estimate of drug-likeness (QED) is 0.811. The van der Waals surface area contributed by atoms with E-state index in [9.17, 15) is 18.0 Å². The summed E-state index contributed by atoms with van der Waals surface area (Å²) in [6.45, 7) is 4.04. The Morgan fingerprint density at radius 3 is 2.70 bits per heavy atom. The van der Waals surface area contributed by atoms with Gasteiger partial charge >= 0.3 is 5.97 Å². The molecule has 1 atom stereocenters. The third kappa shape index (κ3) is 3.37. The van der Waals surface area contributed by atoms with E-state index in [0.717, 1.165) is 0 Å². The van der Waals surface area contributed by atoms with Crippen LogP contribution in [0.1, 0.15) is 24.2 Å². The van der Waals surface area contributed by atoms with Crippen LogP contribution in [0.4, 0.5) is 0 Å². The van der Waals surface area contributed by atoms with E-state index < -0.39 is 22.0 Å². The number of nitrogens with one attached hydrogen (secondary N) is 1. The Hall–Kier alpha value is -1.93. The second-order valence-electron chi connectivity index (χ2n) is 5.62. The molecule has 1 aromatic carbocycles. The Kier molecular flexibility index (Phi) is 5.06. The number of rotatable bonds is 4. The molecule has 0 spiro atoms. The summed E-state index contributed by atoms with van der Waals surface area (Å²) in [6.07, 6.45) is 0. The second kappa shape index (κ2) is 6.67. The monoisotopic (exact) mass is 340 g/mol. The minimum Gasteiger partial charge on any atom is -0.465 e. The van der Waals surface area contributed by atoms with E-state index in [2.05, 4.69) is 10.1 Å². The minimum absolute atomic E-state index is 0.0271. The molecule has 126 valence electrons. The van der Waals surface area contributed by atoms with Crippen molar-refractivity contribution in [2.45, 2.75) is 24.8 Å². The van der Waals surface area contributed by atoms with Crippen LogP contribution in [0.2, 0.25) is 0 Å². The number of esters is 1. The fourth-order valence-corrected chi connectivity index (χ4v) is 4.37. The van der Waals surface area contributed by atoms with E-state index in [1.165, 1.54) is 35.7 Å². The van der Waals surface area contributed by atoms with Gasteiger partial charge in [0.2, 0.25) is 15.9 Å². The van der Waals surface area contributed by atoms with Crippen LogP contribution in [-0.4, -0.2) is 50.8 Å². The molecule has 1 aliphatic heterocycles. The highest BCUT2D eigenvalue weighted by molar-refractivity contribution is 7.89. The molecule has 1 fully saturated rings. The van der Waals surface area contributed by atoms with Gasteiger partial charge in [0.25, 0.3) is 0 Å². The summed E-state index contributed by atoms with van der Waals surface area (Å²) in [5.74, 6) is -1.09. The van der Waals surface area contributed by atoms with E-state index in [-0.39, 0.29) is 35.4 Å². The van der Waals surface area contributed by atoms with Crippen molar-refractivity contribution in [3.8, 4) is 0 Å². The Balaban J connectivity index is 2.44. The molecule has 1 heterocycles. The SMILES string of the molecule is COC(=O)c1cccc(S(=O)(=O)N2CCNC(=O)C2C(C)C)c1. The predicted octanol–water partition coefficient (Wildman–Crippen LogP) is 0.618. The summed E-state index contributed by atoms with van der Waals surface area (Å²) in [5, 5.41) is 2.69. The lowest BCUT2D eigenvalue weighted by Gasteiger charge is -2.36. The Morgan fingerprint density at radius 2 is 2.09 bits per heavy atom. The molecule has 1 aromatic rings. The van der Waals surface area contributed by atoms with Crippen molar-refractivity contribution in [1.82, 2.24) is 9.62 Å². The molecule has 23 heavy (non-hydrogen) atoms. The van der Waals surface area contributed by atoms with Crippen molar-refractivity contribution in [3.05, 3.63) is 29.8 Å². The molecule has 1 N–H and O–H groups in total. The molecule has 0 saturated carbocycles. The normalized spacial score (nSPS) is 19.5. The number of nitrogens with zero attached hydrogens (tertiary/aromatic N) is 1. The van der Waals surface area contributed by atoms with Gasteiger partial charge in [-0.1, -0.05) is 19.9 Å². The van der Waals surface area contributed by atoms with Crippen LogP contribution < -0.4 is 5.32 Å². The van der Waals surface area contributed by atoms with Crippen molar-refractivity contribution in [1.29, 1.82) is 0 Å². The lowest BCUT2D eigenvalue weighted by Crippen LogP contribution is -2.59. The molecule has 0 bridgehead atoms. The summed E-state index contributed by atoms with van der Waals surface area (Å²) in [6, 6.07) is 4.87. The van der Waals surface area contributed by atoms with Gasteiger partial charge in [0, 0.05) is 13.1 Å². The smallest absolute Gasteiger partial charge is 0.337 e. The molecule has 8 heteroatoms. The Bertz CT molecular complexity index is 714. The van der Waals surface area contributed by atoms with Crippen molar-refractivity contribution in [2.24, 2.45) is 5.92 Å². The van der Waals surface area contributed by atoms with Crippen molar-refractivity contribution >= 4 is 21.9 Å². The first-order valence-corrected chi connectivity index (χ1v) is 8.71. The van der Waals surface area contributed by atoms with Gasteiger partial charge in [-0.25, -0.2) is 13.2 Å². The van der Waals surface area contributed by atoms with Crippen LogP contribution in [0.3, 0.4) is 0 Å². The van der Waals surface area contributed by atoms with Crippen LogP contribution in [0.25, 0.3) is 0 Å². The maximum Gasteiger partial charge on any atom is 0.337 e. The van der Waals surface area contributed by atoms with Crippen LogP contribution in [0.5, 0.6) is 0 Å². The van der Waals surface area contributed by atoms with Crippen LogP contribution in [-0.2, 0) is 19.6 Å². The van der Waals surface area contributed by atoms with Crippen molar-refractivity contribution in [3.63, 3.8) is 0 Å². The van der Waals surface area contributed by atoms with E-state index >= 15 is 0 Å². The molecule has 0 aromatic heterocycles. The number of sulfonamides is 1.